The summed E-state index contributed by atoms with van der Waals surface area (Å²) in [6, 6.07) is 11.7. The van der Waals surface area contributed by atoms with Gasteiger partial charge in [-0.2, -0.15) is 0 Å². The number of nitrogens with zero attached hydrogens (tertiary/aromatic N) is 4. The first kappa shape index (κ1) is 21.6. The third-order valence-corrected chi connectivity index (χ3v) is 7.09. The normalized spacial score (nSPS) is 19.2. The van der Waals surface area contributed by atoms with E-state index in [0.29, 0.717) is 18.3 Å². The van der Waals surface area contributed by atoms with Crippen molar-refractivity contribution >= 4 is 22.7 Å². The molecule has 1 unspecified atom stereocenters. The summed E-state index contributed by atoms with van der Waals surface area (Å²) < 4.78 is 0. The Balaban J connectivity index is 1.22. The van der Waals surface area contributed by atoms with E-state index in [-0.39, 0.29) is 11.8 Å². The maximum Gasteiger partial charge on any atom is 0.254 e. The highest BCUT2D eigenvalue weighted by atomic mass is 16.2. The van der Waals surface area contributed by atoms with Gasteiger partial charge in [-0.25, -0.2) is 0 Å². The number of benzene rings is 1. The average Bonchev–Trinajstić information content (AvgIpc) is 3.03. The summed E-state index contributed by atoms with van der Waals surface area (Å²) in [5, 5.41) is 0.914. The summed E-state index contributed by atoms with van der Waals surface area (Å²) in [6.45, 7) is 5.14. The number of hydrogen-bond acceptors (Lipinski definition) is 4. The lowest BCUT2D eigenvalue weighted by molar-refractivity contribution is -0.138. The molecule has 0 N–H and O–H groups in total. The number of aromatic nitrogens is 2. The van der Waals surface area contributed by atoms with Crippen molar-refractivity contribution in [2.45, 2.75) is 32.6 Å². The van der Waals surface area contributed by atoms with Crippen LogP contribution in [0.5, 0.6) is 0 Å². The van der Waals surface area contributed by atoms with Crippen LogP contribution in [0.15, 0.2) is 55.0 Å². The van der Waals surface area contributed by atoms with Crippen LogP contribution >= 0.6 is 0 Å². The highest BCUT2D eigenvalue weighted by molar-refractivity contribution is 6.06. The molecule has 0 saturated carbocycles. The summed E-state index contributed by atoms with van der Waals surface area (Å²) in [5.41, 5.74) is 3.64. The molecule has 6 nitrogen and oxygen atoms in total. The van der Waals surface area contributed by atoms with Crippen LogP contribution in [-0.4, -0.2) is 57.8 Å². The zero-order valence-electron chi connectivity index (χ0n) is 19.1. The Bertz CT molecular complexity index is 1170. The predicted molar refractivity (Wildman–Crippen MR) is 128 cm³/mol. The number of aryl methyl sites for hydroxylation is 1. The van der Waals surface area contributed by atoms with E-state index in [4.69, 9.17) is 0 Å². The molecule has 0 radical (unpaired) electrons. The van der Waals surface area contributed by atoms with Gasteiger partial charge in [0.1, 0.15) is 0 Å². The Morgan fingerprint density at radius 2 is 1.85 bits per heavy atom. The lowest BCUT2D eigenvalue weighted by Gasteiger charge is -2.44. The monoisotopic (exact) mass is 442 g/mol. The summed E-state index contributed by atoms with van der Waals surface area (Å²) in [4.78, 5) is 38.8. The minimum Gasteiger partial charge on any atom is -0.342 e. The van der Waals surface area contributed by atoms with E-state index < -0.39 is 0 Å². The zero-order valence-corrected chi connectivity index (χ0v) is 19.1. The van der Waals surface area contributed by atoms with Crippen molar-refractivity contribution in [3.63, 3.8) is 0 Å². The van der Waals surface area contributed by atoms with Crippen LogP contribution in [0.1, 0.15) is 40.7 Å². The highest BCUT2D eigenvalue weighted by Gasteiger charge is 2.38. The number of amides is 2. The molecule has 4 heterocycles. The maximum atomic E-state index is 13.5. The zero-order chi connectivity index (χ0) is 22.8. The van der Waals surface area contributed by atoms with Gasteiger partial charge in [-0.15, -0.1) is 0 Å². The summed E-state index contributed by atoms with van der Waals surface area (Å²) >= 11 is 0. The van der Waals surface area contributed by atoms with Crippen LogP contribution in [0.4, 0.5) is 0 Å². The van der Waals surface area contributed by atoms with Gasteiger partial charge in [-0.1, -0.05) is 24.6 Å². The van der Waals surface area contributed by atoms with Crippen molar-refractivity contribution in [1.29, 1.82) is 0 Å². The molecule has 2 aromatic heterocycles. The summed E-state index contributed by atoms with van der Waals surface area (Å²) in [6.07, 6.45) is 9.03. The number of likely N-dealkylation sites (tertiary alicyclic amines) is 2. The molecule has 0 bridgehead atoms. The SMILES string of the molecule is Cc1cncc(CC(=O)N2CC(C3CCCCN(C(=O)c4cccc5ncccc45)C3)C2)c1. The molecule has 2 amide bonds. The fourth-order valence-electron chi connectivity index (χ4n) is 5.22. The van der Waals surface area contributed by atoms with Gasteiger partial charge in [0, 0.05) is 55.7 Å². The third kappa shape index (κ3) is 4.61. The quantitative estimate of drug-likeness (QED) is 0.615. The van der Waals surface area contributed by atoms with Crippen LogP contribution in [0, 0.1) is 18.8 Å². The molecule has 33 heavy (non-hydrogen) atoms. The smallest absolute Gasteiger partial charge is 0.254 e. The van der Waals surface area contributed by atoms with E-state index in [0.717, 1.165) is 73.0 Å². The second-order valence-electron chi connectivity index (χ2n) is 9.49. The number of hydrogen-bond donors (Lipinski definition) is 0. The first-order chi connectivity index (χ1) is 16.1. The lowest BCUT2D eigenvalue weighted by atomic mass is 9.82. The Labute approximate surface area is 194 Å². The first-order valence-electron chi connectivity index (χ1n) is 11.9. The van der Waals surface area contributed by atoms with Gasteiger partial charge in [-0.05, 0) is 60.9 Å². The topological polar surface area (TPSA) is 66.4 Å². The van der Waals surface area contributed by atoms with Crippen molar-refractivity contribution in [1.82, 2.24) is 19.8 Å². The van der Waals surface area contributed by atoms with Crippen LogP contribution in [0.25, 0.3) is 10.9 Å². The molecule has 0 spiro atoms. The molecule has 2 saturated heterocycles. The van der Waals surface area contributed by atoms with Crippen molar-refractivity contribution in [3.05, 3.63) is 71.7 Å². The Morgan fingerprint density at radius 1 is 1.00 bits per heavy atom. The number of carbonyl (C=O) groups is 2. The number of pyridine rings is 2. The van der Waals surface area contributed by atoms with Crippen molar-refractivity contribution in [3.8, 4) is 0 Å². The minimum atomic E-state index is 0.0969. The van der Waals surface area contributed by atoms with E-state index in [2.05, 4.69) is 9.97 Å². The van der Waals surface area contributed by atoms with Crippen LogP contribution in [-0.2, 0) is 11.2 Å². The van der Waals surface area contributed by atoms with Gasteiger partial charge in [0.15, 0.2) is 0 Å². The minimum absolute atomic E-state index is 0.0969. The van der Waals surface area contributed by atoms with E-state index in [9.17, 15) is 9.59 Å². The second kappa shape index (κ2) is 9.30. The average molecular weight is 443 g/mol. The lowest BCUT2D eigenvalue weighted by Crippen LogP contribution is -2.54. The highest BCUT2D eigenvalue weighted by Crippen LogP contribution is 2.32. The van der Waals surface area contributed by atoms with Crippen molar-refractivity contribution in [2.24, 2.45) is 11.8 Å². The standard InChI is InChI=1S/C27H30N4O2/c1-19-12-20(15-28-14-19)13-26(32)31-17-22(18-31)21-6-2-3-11-30(16-21)27(33)24-7-4-9-25-23(24)8-5-10-29-25/h4-5,7-10,12,14-15,21-22H,2-3,6,11,13,16-18H2,1H3. The fraction of sp³-hybridized carbons (Fsp3) is 0.407. The first-order valence-corrected chi connectivity index (χ1v) is 11.9. The second-order valence-corrected chi connectivity index (χ2v) is 9.49. The molecule has 0 aliphatic carbocycles. The Hall–Kier alpha value is -3.28. The third-order valence-electron chi connectivity index (χ3n) is 7.09. The molecule has 1 aromatic carbocycles. The van der Waals surface area contributed by atoms with E-state index in [1.807, 2.05) is 59.3 Å². The van der Waals surface area contributed by atoms with Gasteiger partial charge >= 0.3 is 0 Å². The molecule has 1 atom stereocenters. The molecular weight excluding hydrogens is 412 g/mol. The number of fused-ring (bicyclic) bond motifs is 1. The van der Waals surface area contributed by atoms with E-state index >= 15 is 0 Å². The molecule has 170 valence electrons. The molecule has 2 fully saturated rings. The molecule has 2 aliphatic heterocycles. The van der Waals surface area contributed by atoms with Gasteiger partial charge < -0.3 is 9.80 Å². The van der Waals surface area contributed by atoms with Crippen molar-refractivity contribution < 1.29 is 9.59 Å². The number of carbonyl (C=O) groups excluding carboxylic acids is 2. The molecular formula is C27H30N4O2. The molecule has 2 aliphatic rings. The molecule has 3 aromatic rings. The van der Waals surface area contributed by atoms with Gasteiger partial charge in [0.05, 0.1) is 11.9 Å². The summed E-state index contributed by atoms with van der Waals surface area (Å²) in [7, 11) is 0. The van der Waals surface area contributed by atoms with Gasteiger partial charge in [-0.3, -0.25) is 19.6 Å². The maximum absolute atomic E-state index is 13.5. The Kier molecular flexibility index (Phi) is 6.07. The van der Waals surface area contributed by atoms with Crippen LogP contribution in [0.3, 0.4) is 0 Å². The predicted octanol–water partition coefficient (Wildman–Crippen LogP) is 3.88. The summed E-state index contributed by atoms with van der Waals surface area (Å²) in [5.74, 6) is 1.17. The van der Waals surface area contributed by atoms with Gasteiger partial charge in [0.2, 0.25) is 5.91 Å². The van der Waals surface area contributed by atoms with Crippen molar-refractivity contribution in [2.75, 3.05) is 26.2 Å². The number of rotatable bonds is 4. The van der Waals surface area contributed by atoms with E-state index in [1.165, 1.54) is 0 Å². The van der Waals surface area contributed by atoms with Crippen LogP contribution in [0.2, 0.25) is 0 Å². The largest absolute Gasteiger partial charge is 0.342 e. The van der Waals surface area contributed by atoms with E-state index in [1.54, 1.807) is 12.4 Å². The van der Waals surface area contributed by atoms with Crippen LogP contribution < -0.4 is 0 Å². The molecule has 6 heteroatoms. The Morgan fingerprint density at radius 3 is 2.70 bits per heavy atom. The molecule has 5 rings (SSSR count). The van der Waals surface area contributed by atoms with Gasteiger partial charge in [0.25, 0.3) is 5.91 Å². The fourth-order valence-corrected chi connectivity index (χ4v) is 5.22.